The molecule has 0 aromatic heterocycles. The maximum absolute atomic E-state index is 13.9. The third-order valence-corrected chi connectivity index (χ3v) is 17.2. The van der Waals surface area contributed by atoms with Crippen LogP contribution in [-0.2, 0) is 23.9 Å². The van der Waals surface area contributed by atoms with Crippen molar-refractivity contribution in [2.75, 3.05) is 13.1 Å². The lowest BCUT2D eigenvalue weighted by atomic mass is 9.32. The molecule has 6 rings (SSSR count). The first-order valence-electron chi connectivity index (χ1n) is 21.7. The number of nitrogens with one attached hydrogen (secondary N) is 1. The van der Waals surface area contributed by atoms with Gasteiger partial charge >= 0.3 is 11.9 Å². The number of hydrogen-bond donors (Lipinski definition) is 2. The minimum absolute atomic E-state index is 0.00397. The van der Waals surface area contributed by atoms with Crippen LogP contribution in [0.2, 0.25) is 0 Å². The first-order chi connectivity index (χ1) is 25.1. The van der Waals surface area contributed by atoms with Crippen LogP contribution in [0.25, 0.3) is 0 Å². The summed E-state index contributed by atoms with van der Waals surface area (Å²) in [4.78, 5) is 52.3. The summed E-state index contributed by atoms with van der Waals surface area (Å²) in [6.07, 6.45) is 12.4. The predicted molar refractivity (Wildman–Crippen MR) is 214 cm³/mol. The maximum atomic E-state index is 13.9. The minimum Gasteiger partial charge on any atom is -0.481 e. The first kappa shape index (κ1) is 42.8. The SMILES string of the molecule is C=C(C)[C@@H]1CC[C@]2(CC(=O)N[C@H]3CCN(C(C)=O)C3)CC[C@]3(C)[C@H](CCC4[C@@]5(C)CCC(OC(=O)CC(C)(C)CC(=O)O)C(C)(C)C5CC[C@]43C)C12.CC. The number of fused-ring (bicyclic) bond motifs is 7. The Bertz CT molecular complexity index is 1470. The van der Waals surface area contributed by atoms with Crippen LogP contribution in [0.3, 0.4) is 0 Å². The summed E-state index contributed by atoms with van der Waals surface area (Å²) in [6, 6.07) is 0.0513. The van der Waals surface area contributed by atoms with Gasteiger partial charge in [-0.1, -0.05) is 74.5 Å². The quantitative estimate of drug-likeness (QED) is 0.179. The van der Waals surface area contributed by atoms with Crippen molar-refractivity contribution in [3.63, 3.8) is 0 Å². The van der Waals surface area contributed by atoms with Crippen LogP contribution in [0.4, 0.5) is 0 Å². The number of hydrogen-bond acceptors (Lipinski definition) is 5. The van der Waals surface area contributed by atoms with Gasteiger partial charge in [0.2, 0.25) is 11.8 Å². The molecule has 1 aliphatic heterocycles. The number of carboxylic acid groups (broad SMARTS) is 1. The highest BCUT2D eigenvalue weighted by Gasteiger charge is 2.71. The normalized spacial score (nSPS) is 40.8. The second-order valence-corrected chi connectivity index (χ2v) is 21.0. The Hall–Kier alpha value is -2.38. The number of amides is 2. The lowest BCUT2D eigenvalue weighted by molar-refractivity contribution is -0.250. The molecule has 4 unspecified atom stereocenters. The van der Waals surface area contributed by atoms with Gasteiger partial charge in [-0.2, -0.15) is 0 Å². The van der Waals surface area contributed by atoms with Gasteiger partial charge in [0.25, 0.3) is 0 Å². The van der Waals surface area contributed by atoms with E-state index >= 15 is 0 Å². The molecule has 54 heavy (non-hydrogen) atoms. The van der Waals surface area contributed by atoms with Crippen molar-refractivity contribution in [2.45, 2.75) is 178 Å². The Balaban J connectivity index is 0.00000276. The maximum Gasteiger partial charge on any atom is 0.306 e. The monoisotopic (exact) mass is 753 g/mol. The fourth-order valence-corrected chi connectivity index (χ4v) is 14.6. The summed E-state index contributed by atoms with van der Waals surface area (Å²) < 4.78 is 6.28. The standard InChI is InChI=1S/C44H70N2O6.C2H6/c1-27(2)30-13-19-44(23-35(48)45-29-16-22-46(26-29)28(3)47)21-20-42(9)31(38(30)44)11-12-33-41(8)17-15-34(40(6,7)32(41)14-18-43(33,42)10)52-37(51)25-39(4,5)24-36(49)50;1-2/h29-34,38H,1,11-26H2,2-10H3,(H,45,48)(H,49,50);1-2H3/t29-,30-,31+,32?,33?,34?,38?,41-,42+,43+,44+;/m0./s1. The van der Waals surface area contributed by atoms with Gasteiger partial charge < -0.3 is 20.1 Å². The third kappa shape index (κ3) is 7.32. The van der Waals surface area contributed by atoms with Crippen molar-refractivity contribution in [1.29, 1.82) is 0 Å². The fourth-order valence-electron chi connectivity index (χ4n) is 14.6. The van der Waals surface area contributed by atoms with Crippen molar-refractivity contribution < 1.29 is 29.0 Å². The van der Waals surface area contributed by atoms with Gasteiger partial charge in [-0.25, -0.2) is 0 Å². The predicted octanol–water partition coefficient (Wildman–Crippen LogP) is 9.60. The molecule has 1 heterocycles. The van der Waals surface area contributed by atoms with Crippen molar-refractivity contribution >= 4 is 23.8 Å². The van der Waals surface area contributed by atoms with Gasteiger partial charge in [0.1, 0.15) is 6.10 Å². The van der Waals surface area contributed by atoms with Crippen LogP contribution >= 0.6 is 0 Å². The molecular weight excluding hydrogens is 677 g/mol. The highest BCUT2D eigenvalue weighted by Crippen LogP contribution is 2.78. The molecule has 5 aliphatic carbocycles. The topological polar surface area (TPSA) is 113 Å². The molecule has 11 atom stereocenters. The highest BCUT2D eigenvalue weighted by atomic mass is 16.5. The van der Waals surface area contributed by atoms with Crippen LogP contribution in [-0.4, -0.2) is 59.0 Å². The van der Waals surface area contributed by atoms with Crippen LogP contribution < -0.4 is 5.32 Å². The second kappa shape index (κ2) is 15.2. The molecule has 306 valence electrons. The summed E-state index contributed by atoms with van der Waals surface area (Å²) in [5.74, 6) is 1.59. The largest absolute Gasteiger partial charge is 0.481 e. The van der Waals surface area contributed by atoms with E-state index in [-0.39, 0.29) is 69.8 Å². The average Bonchev–Trinajstić information content (AvgIpc) is 3.68. The summed E-state index contributed by atoms with van der Waals surface area (Å²) >= 11 is 0. The lowest BCUT2D eigenvalue weighted by Crippen LogP contribution is -2.67. The Morgan fingerprint density at radius 3 is 2.13 bits per heavy atom. The van der Waals surface area contributed by atoms with Crippen molar-refractivity contribution in [3.8, 4) is 0 Å². The average molecular weight is 753 g/mol. The zero-order valence-corrected chi connectivity index (χ0v) is 36.0. The van der Waals surface area contributed by atoms with E-state index in [0.29, 0.717) is 42.6 Å². The number of esters is 1. The number of carbonyl (C=O) groups is 4. The molecule has 6 fully saturated rings. The summed E-state index contributed by atoms with van der Waals surface area (Å²) in [7, 11) is 0. The Morgan fingerprint density at radius 2 is 1.52 bits per heavy atom. The van der Waals surface area contributed by atoms with E-state index in [1.54, 1.807) is 6.92 Å². The van der Waals surface area contributed by atoms with E-state index in [9.17, 15) is 24.3 Å². The van der Waals surface area contributed by atoms with Crippen molar-refractivity contribution in [1.82, 2.24) is 10.2 Å². The Labute approximate surface area is 327 Å². The van der Waals surface area contributed by atoms with Gasteiger partial charge in [0.15, 0.2) is 0 Å². The molecule has 0 spiro atoms. The molecule has 1 saturated heterocycles. The number of allylic oxidation sites excluding steroid dienone is 1. The third-order valence-electron chi connectivity index (χ3n) is 17.2. The molecule has 2 N–H and O–H groups in total. The molecule has 6 aliphatic rings. The molecule has 8 heteroatoms. The Kier molecular flexibility index (Phi) is 12.0. The fraction of sp³-hybridized carbons (Fsp3) is 0.870. The molecule has 5 saturated carbocycles. The molecule has 0 aromatic rings. The first-order valence-corrected chi connectivity index (χ1v) is 21.7. The number of aliphatic carboxylic acids is 1. The van der Waals surface area contributed by atoms with E-state index in [0.717, 1.165) is 57.9 Å². The van der Waals surface area contributed by atoms with E-state index in [2.05, 4.69) is 53.4 Å². The molecule has 2 amide bonds. The van der Waals surface area contributed by atoms with Crippen LogP contribution in [0, 0.1) is 62.1 Å². The van der Waals surface area contributed by atoms with Gasteiger partial charge in [0.05, 0.1) is 12.8 Å². The highest BCUT2D eigenvalue weighted by molar-refractivity contribution is 5.78. The van der Waals surface area contributed by atoms with Gasteiger partial charge in [0, 0.05) is 37.9 Å². The van der Waals surface area contributed by atoms with E-state index in [4.69, 9.17) is 4.74 Å². The molecular formula is C46H76N2O6. The Morgan fingerprint density at radius 1 is 0.833 bits per heavy atom. The number of nitrogens with zero attached hydrogens (tertiary/aromatic N) is 1. The number of ether oxygens (including phenoxy) is 1. The zero-order chi connectivity index (χ0) is 40.2. The smallest absolute Gasteiger partial charge is 0.306 e. The van der Waals surface area contributed by atoms with Gasteiger partial charge in [-0.05, 0) is 134 Å². The lowest BCUT2D eigenvalue weighted by Gasteiger charge is -2.73. The summed E-state index contributed by atoms with van der Waals surface area (Å²) in [6.45, 7) is 29.9. The number of rotatable bonds is 9. The van der Waals surface area contributed by atoms with E-state index in [1.165, 1.54) is 24.8 Å². The van der Waals surface area contributed by atoms with Crippen LogP contribution in [0.1, 0.15) is 166 Å². The summed E-state index contributed by atoms with van der Waals surface area (Å²) in [5.41, 5.74) is 0.960. The number of carbonyl (C=O) groups excluding carboxylic acids is 3. The van der Waals surface area contributed by atoms with Gasteiger partial charge in [-0.15, -0.1) is 0 Å². The van der Waals surface area contributed by atoms with Crippen molar-refractivity contribution in [3.05, 3.63) is 12.2 Å². The van der Waals surface area contributed by atoms with Gasteiger partial charge in [-0.3, -0.25) is 19.2 Å². The van der Waals surface area contributed by atoms with E-state index < -0.39 is 11.4 Å². The molecule has 0 aromatic carbocycles. The van der Waals surface area contributed by atoms with Crippen LogP contribution in [0.15, 0.2) is 12.2 Å². The number of carboxylic acids is 1. The van der Waals surface area contributed by atoms with Crippen molar-refractivity contribution in [2.24, 2.45) is 62.1 Å². The minimum atomic E-state index is -0.889. The molecule has 8 nitrogen and oxygen atoms in total. The number of likely N-dealkylation sites (tertiary alicyclic amines) is 1. The zero-order valence-electron chi connectivity index (χ0n) is 36.0. The molecule has 0 radical (unpaired) electrons. The molecule has 0 bridgehead atoms. The van der Waals surface area contributed by atoms with Crippen LogP contribution in [0.5, 0.6) is 0 Å². The summed E-state index contributed by atoms with van der Waals surface area (Å²) in [5, 5.41) is 12.7. The second-order valence-electron chi connectivity index (χ2n) is 21.0. The van der Waals surface area contributed by atoms with E-state index in [1.807, 2.05) is 32.6 Å².